The molecule has 0 atom stereocenters. The monoisotopic (exact) mass is 875 g/mol. The van der Waals surface area contributed by atoms with Gasteiger partial charge in [0.2, 0.25) is 5.88 Å². The van der Waals surface area contributed by atoms with Crippen LogP contribution in [0.2, 0.25) is 0 Å². The molecule has 0 bridgehead atoms. The van der Waals surface area contributed by atoms with Crippen LogP contribution in [-0.2, 0) is 21.1 Å². The molecule has 54 heavy (non-hydrogen) atoms. The maximum atomic E-state index is 5.99. The van der Waals surface area contributed by atoms with Gasteiger partial charge in [0.05, 0.1) is 0 Å². The first-order valence-electron chi connectivity index (χ1n) is 17.5. The van der Waals surface area contributed by atoms with E-state index < -0.39 is 0 Å². The van der Waals surface area contributed by atoms with Crippen molar-refractivity contribution in [3.8, 4) is 5.82 Å². The molecule has 0 radical (unpaired) electrons. The Kier molecular flexibility index (Phi) is 8.74. The van der Waals surface area contributed by atoms with Crippen LogP contribution in [0.1, 0.15) is 22.3 Å². The molecule has 9 aromatic rings. The fourth-order valence-corrected chi connectivity index (χ4v) is 7.32. The average Bonchev–Trinajstić information content (AvgIpc) is 3.94. The Morgan fingerprint density at radius 1 is 0.556 bits per heavy atom. The number of hydrogen-bond acceptors (Lipinski definition) is 5. The van der Waals surface area contributed by atoms with Crippen LogP contribution in [0.4, 0.5) is 23.1 Å². The second-order valence-corrected chi connectivity index (χ2v) is 12.8. The van der Waals surface area contributed by atoms with Crippen LogP contribution < -0.4 is 9.80 Å². The van der Waals surface area contributed by atoms with E-state index in [1.165, 1.54) is 6.39 Å². The van der Waals surface area contributed by atoms with E-state index in [0.29, 0.717) is 5.88 Å². The Morgan fingerprint density at radius 2 is 1.24 bits per heavy atom. The van der Waals surface area contributed by atoms with Gasteiger partial charge in [0.25, 0.3) is 0 Å². The molecule has 1 aliphatic rings. The van der Waals surface area contributed by atoms with Crippen LogP contribution in [-0.4, -0.2) is 14.5 Å². The second-order valence-electron chi connectivity index (χ2n) is 12.8. The molecule has 6 aromatic carbocycles. The van der Waals surface area contributed by atoms with Gasteiger partial charge in [-0.25, -0.2) is 4.98 Å². The summed E-state index contributed by atoms with van der Waals surface area (Å²) in [6, 6.07) is 64.2. The summed E-state index contributed by atoms with van der Waals surface area (Å²) in [5.41, 5.74) is 9.94. The standard InChI is InChI=1S/C47H30N5O.Pt/c1-4-15-33(16-5-1)44(34-17-6-2-7-18-34)45(36-26-27-40-39-23-10-11-24-41(39)52(42(40)30-36)43-25-12-13-28-48-43)35-19-14-22-38(29-35)51-32-50(37-20-8-3-9-21-37)46-47(51)53-31-49-46;/h1-28,31-32H;/q-3;. The number of hydrogen-bond donors (Lipinski definition) is 0. The molecule has 0 amide bonds. The molecule has 0 N–H and O–H groups in total. The van der Waals surface area contributed by atoms with Crippen LogP contribution >= 0.6 is 0 Å². The minimum Gasteiger partial charge on any atom is -0.457 e. The average molecular weight is 876 g/mol. The first-order valence-corrected chi connectivity index (χ1v) is 17.5. The van der Waals surface area contributed by atoms with Crippen molar-refractivity contribution >= 4 is 56.0 Å². The number of rotatable bonds is 7. The minimum absolute atomic E-state index is 0. The molecule has 1 aliphatic heterocycles. The van der Waals surface area contributed by atoms with Crippen molar-refractivity contribution in [3.05, 3.63) is 217 Å². The third kappa shape index (κ3) is 5.72. The van der Waals surface area contributed by atoms with E-state index in [0.717, 1.165) is 78.2 Å². The Hall–Kier alpha value is -6.49. The van der Waals surface area contributed by atoms with E-state index in [1.54, 1.807) is 0 Å². The van der Waals surface area contributed by atoms with Gasteiger partial charge >= 0.3 is 0 Å². The van der Waals surface area contributed by atoms with E-state index in [9.17, 15) is 0 Å². The van der Waals surface area contributed by atoms with Gasteiger partial charge in [0.1, 0.15) is 5.82 Å². The van der Waals surface area contributed by atoms with Crippen LogP contribution in [0, 0.1) is 18.8 Å². The van der Waals surface area contributed by atoms with Crippen molar-refractivity contribution in [1.29, 1.82) is 0 Å². The van der Waals surface area contributed by atoms with E-state index >= 15 is 0 Å². The van der Waals surface area contributed by atoms with Crippen molar-refractivity contribution < 1.29 is 25.5 Å². The maximum Gasteiger partial charge on any atom is 0.213 e. The molecule has 3 aromatic heterocycles. The Labute approximate surface area is 327 Å². The molecule has 0 saturated heterocycles. The molecule has 0 unspecified atom stereocenters. The number of anilines is 4. The zero-order valence-electron chi connectivity index (χ0n) is 28.8. The Balaban J connectivity index is 0.00000384. The molecule has 0 spiro atoms. The Bertz CT molecular complexity index is 2720. The summed E-state index contributed by atoms with van der Waals surface area (Å²) in [5, 5.41) is 2.26. The summed E-state index contributed by atoms with van der Waals surface area (Å²) in [6.07, 6.45) is 3.33. The molecular weight excluding hydrogens is 846 g/mol. The topological polar surface area (TPSA) is 50.3 Å². The molecule has 262 valence electrons. The summed E-state index contributed by atoms with van der Waals surface area (Å²) in [5.74, 6) is 2.20. The van der Waals surface area contributed by atoms with Gasteiger partial charge in [0.15, 0.2) is 12.2 Å². The van der Waals surface area contributed by atoms with Crippen LogP contribution in [0.15, 0.2) is 181 Å². The number of para-hydroxylation sites is 2. The number of oxazole rings is 1. The second kappa shape index (κ2) is 14.1. The quantitative estimate of drug-likeness (QED) is 0.118. The summed E-state index contributed by atoms with van der Waals surface area (Å²) < 4.78 is 8.20. The van der Waals surface area contributed by atoms with Gasteiger partial charge in [-0.05, 0) is 57.9 Å². The number of benzene rings is 6. The number of nitrogens with zero attached hydrogens (tertiary/aromatic N) is 5. The molecule has 0 aliphatic carbocycles. The van der Waals surface area contributed by atoms with Gasteiger partial charge in [-0.15, -0.1) is 65.8 Å². The largest absolute Gasteiger partial charge is 0.457 e. The van der Waals surface area contributed by atoms with Crippen molar-refractivity contribution in [2.75, 3.05) is 9.80 Å². The predicted octanol–water partition coefficient (Wildman–Crippen LogP) is 11.2. The summed E-state index contributed by atoms with van der Waals surface area (Å²) in [6.45, 7) is 2.01. The smallest absolute Gasteiger partial charge is 0.213 e. The predicted molar refractivity (Wildman–Crippen MR) is 212 cm³/mol. The van der Waals surface area contributed by atoms with Crippen molar-refractivity contribution in [2.24, 2.45) is 0 Å². The summed E-state index contributed by atoms with van der Waals surface area (Å²) in [4.78, 5) is 13.4. The van der Waals surface area contributed by atoms with E-state index in [-0.39, 0.29) is 21.1 Å². The number of aromatic nitrogens is 3. The van der Waals surface area contributed by atoms with Crippen molar-refractivity contribution in [1.82, 2.24) is 14.5 Å². The molecule has 7 heteroatoms. The first-order chi connectivity index (χ1) is 26.3. The third-order valence-electron chi connectivity index (χ3n) is 9.66. The Morgan fingerprint density at radius 3 is 1.98 bits per heavy atom. The van der Waals surface area contributed by atoms with Gasteiger partial charge in [-0.3, -0.25) is 0 Å². The summed E-state index contributed by atoms with van der Waals surface area (Å²) in [7, 11) is 0. The molecule has 0 saturated carbocycles. The van der Waals surface area contributed by atoms with Gasteiger partial charge in [-0.1, -0.05) is 114 Å². The zero-order valence-corrected chi connectivity index (χ0v) is 31.1. The van der Waals surface area contributed by atoms with Crippen molar-refractivity contribution in [3.63, 3.8) is 0 Å². The van der Waals surface area contributed by atoms with E-state index in [2.05, 4.69) is 149 Å². The zero-order chi connectivity index (χ0) is 35.1. The first kappa shape index (κ1) is 33.4. The van der Waals surface area contributed by atoms with E-state index in [1.807, 2.05) is 59.1 Å². The molecule has 4 heterocycles. The minimum atomic E-state index is 0. The van der Waals surface area contributed by atoms with Crippen LogP contribution in [0.3, 0.4) is 0 Å². The van der Waals surface area contributed by atoms with Gasteiger partial charge in [-0.2, -0.15) is 4.98 Å². The number of pyridine rings is 1. The SMILES string of the molecule is [Pt].[c-]1c(C(=C(c2ccccc2)c2ccccc2)c2[c-]c3c(cc2)c2ccccc2n3-c2ccccn2)cccc1N1[CH-]N(c2ccccc2)c2ncoc21. The van der Waals surface area contributed by atoms with Crippen molar-refractivity contribution in [2.45, 2.75) is 0 Å². The normalized spacial score (nSPS) is 12.1. The fourth-order valence-electron chi connectivity index (χ4n) is 7.32. The van der Waals surface area contributed by atoms with Crippen LogP contribution in [0.25, 0.3) is 38.8 Å². The number of fused-ring (bicyclic) bond motifs is 4. The maximum absolute atomic E-state index is 5.99. The third-order valence-corrected chi connectivity index (χ3v) is 9.66. The molecule has 10 rings (SSSR count). The van der Waals surface area contributed by atoms with Gasteiger partial charge < -0.3 is 18.8 Å². The molecule has 0 fully saturated rings. The fraction of sp³-hybridized carbons (Fsp3) is 0. The van der Waals surface area contributed by atoms with Gasteiger partial charge in [0, 0.05) is 38.5 Å². The summed E-state index contributed by atoms with van der Waals surface area (Å²) >= 11 is 0. The van der Waals surface area contributed by atoms with Crippen LogP contribution in [0.5, 0.6) is 0 Å². The van der Waals surface area contributed by atoms with E-state index in [4.69, 9.17) is 9.40 Å². The molecule has 6 nitrogen and oxygen atoms in total. The molecular formula is C47H30N5OPt-3.